The minimum atomic E-state index is 0.000334. The number of anilines is 2. The number of rotatable bonds is 7. The summed E-state index contributed by atoms with van der Waals surface area (Å²) in [4.78, 5) is 12.8. The van der Waals surface area contributed by atoms with Gasteiger partial charge in [0.25, 0.3) is 0 Å². The van der Waals surface area contributed by atoms with Crippen molar-refractivity contribution in [1.29, 1.82) is 0 Å². The third-order valence-electron chi connectivity index (χ3n) is 3.48. The summed E-state index contributed by atoms with van der Waals surface area (Å²) in [6.45, 7) is 0.858. The number of carbonyl (C=O) groups excluding carboxylic acids is 1. The maximum absolute atomic E-state index is 10.9. The number of nitrogen functional groups attached to an aromatic ring is 1. The summed E-state index contributed by atoms with van der Waals surface area (Å²) in [5, 5.41) is 18.3. The Kier molecular flexibility index (Phi) is 5.52. The monoisotopic (exact) mass is 300 g/mol. The Hall–Kier alpha value is -2.37. The molecule has 0 fully saturated rings. The molecule has 0 aliphatic heterocycles. The second kappa shape index (κ2) is 7.59. The first-order chi connectivity index (χ1) is 10.7. The van der Waals surface area contributed by atoms with Crippen molar-refractivity contribution in [3.63, 3.8) is 0 Å². The van der Waals surface area contributed by atoms with Gasteiger partial charge in [-0.2, -0.15) is 0 Å². The number of aldehydes is 1. The molecular weight excluding hydrogens is 280 g/mol. The summed E-state index contributed by atoms with van der Waals surface area (Å²) in [5.74, 6) is 0. The van der Waals surface area contributed by atoms with Crippen LogP contribution in [0.15, 0.2) is 42.5 Å². The van der Waals surface area contributed by atoms with Crippen LogP contribution < -0.4 is 10.6 Å². The molecule has 0 saturated carbocycles. The van der Waals surface area contributed by atoms with E-state index in [1.54, 1.807) is 18.2 Å². The minimum absolute atomic E-state index is 0.000334. The van der Waals surface area contributed by atoms with E-state index in [9.17, 15) is 4.79 Å². The second-order valence-corrected chi connectivity index (χ2v) is 4.95. The van der Waals surface area contributed by atoms with Crippen LogP contribution in [0.3, 0.4) is 0 Å². The van der Waals surface area contributed by atoms with Crippen LogP contribution in [0, 0.1) is 0 Å². The normalized spacial score (nSPS) is 10.5. The van der Waals surface area contributed by atoms with Crippen LogP contribution >= 0.6 is 0 Å². The summed E-state index contributed by atoms with van der Waals surface area (Å²) in [7, 11) is 0. The second-order valence-electron chi connectivity index (χ2n) is 4.95. The lowest BCUT2D eigenvalue weighted by molar-refractivity contribution is 0.112. The number of aliphatic hydroxyl groups excluding tert-OH is 2. The highest BCUT2D eigenvalue weighted by Crippen LogP contribution is 2.30. The molecule has 0 radical (unpaired) electrons. The number of benzene rings is 2. The molecule has 0 saturated heterocycles. The summed E-state index contributed by atoms with van der Waals surface area (Å²) < 4.78 is 0. The Morgan fingerprint density at radius 1 is 1.05 bits per heavy atom. The van der Waals surface area contributed by atoms with Crippen LogP contribution in [0.2, 0.25) is 0 Å². The van der Waals surface area contributed by atoms with Gasteiger partial charge in [0.1, 0.15) is 6.29 Å². The quantitative estimate of drug-likeness (QED) is 0.533. The molecule has 4 N–H and O–H groups in total. The molecule has 0 atom stereocenters. The van der Waals surface area contributed by atoms with Crippen LogP contribution in [-0.2, 0) is 0 Å². The molecule has 22 heavy (non-hydrogen) atoms. The third-order valence-corrected chi connectivity index (χ3v) is 3.48. The molecule has 0 bridgehead atoms. The third kappa shape index (κ3) is 3.63. The Labute approximate surface area is 129 Å². The van der Waals surface area contributed by atoms with Gasteiger partial charge in [0.15, 0.2) is 0 Å². The van der Waals surface area contributed by atoms with E-state index in [1.807, 2.05) is 29.2 Å². The predicted octanol–water partition coefficient (Wildman–Crippen LogP) is 1.54. The van der Waals surface area contributed by atoms with E-state index in [4.69, 9.17) is 15.9 Å². The van der Waals surface area contributed by atoms with E-state index in [-0.39, 0.29) is 13.2 Å². The van der Waals surface area contributed by atoms with E-state index in [0.29, 0.717) is 24.3 Å². The lowest BCUT2D eigenvalue weighted by Gasteiger charge is -2.24. The zero-order valence-electron chi connectivity index (χ0n) is 12.3. The summed E-state index contributed by atoms with van der Waals surface area (Å²) >= 11 is 0. The van der Waals surface area contributed by atoms with Gasteiger partial charge in [-0.05, 0) is 29.8 Å². The van der Waals surface area contributed by atoms with Gasteiger partial charge in [0.2, 0.25) is 0 Å². The van der Waals surface area contributed by atoms with Crippen molar-refractivity contribution in [3.8, 4) is 11.1 Å². The van der Waals surface area contributed by atoms with E-state index < -0.39 is 0 Å². The fourth-order valence-corrected chi connectivity index (χ4v) is 2.38. The Morgan fingerprint density at radius 3 is 2.41 bits per heavy atom. The first-order valence-electron chi connectivity index (χ1n) is 7.11. The number of aliphatic hydroxyl groups is 2. The molecule has 0 unspecified atom stereocenters. The van der Waals surface area contributed by atoms with Crippen molar-refractivity contribution in [2.45, 2.75) is 0 Å². The number of carbonyl (C=O) groups is 1. The smallest absolute Gasteiger partial charge is 0.150 e. The fourth-order valence-electron chi connectivity index (χ4n) is 2.38. The van der Waals surface area contributed by atoms with Crippen LogP contribution in [0.1, 0.15) is 10.4 Å². The van der Waals surface area contributed by atoms with Crippen molar-refractivity contribution in [3.05, 3.63) is 48.0 Å². The lowest BCUT2D eigenvalue weighted by Crippen LogP contribution is -2.29. The van der Waals surface area contributed by atoms with Gasteiger partial charge in [-0.3, -0.25) is 4.79 Å². The standard InChI is InChI=1S/C17H20N2O3/c18-17-5-4-15(19(6-8-20)7-9-21)11-16(17)14-3-1-2-13(10-14)12-22/h1-5,10-12,20-21H,6-9,18H2. The molecule has 0 heterocycles. The Bertz CT molecular complexity index is 638. The van der Waals surface area contributed by atoms with E-state index in [1.165, 1.54) is 0 Å². The molecule has 0 aliphatic carbocycles. The van der Waals surface area contributed by atoms with Gasteiger partial charge in [-0.25, -0.2) is 0 Å². The van der Waals surface area contributed by atoms with Crippen molar-refractivity contribution in [2.75, 3.05) is 36.9 Å². The van der Waals surface area contributed by atoms with Gasteiger partial charge in [0, 0.05) is 35.6 Å². The Morgan fingerprint density at radius 2 is 1.77 bits per heavy atom. The maximum Gasteiger partial charge on any atom is 0.150 e. The number of hydrogen-bond donors (Lipinski definition) is 3. The van der Waals surface area contributed by atoms with Gasteiger partial charge < -0.3 is 20.8 Å². The first kappa shape index (κ1) is 16.0. The minimum Gasteiger partial charge on any atom is -0.398 e. The summed E-state index contributed by atoms with van der Waals surface area (Å²) in [6.07, 6.45) is 0.799. The maximum atomic E-state index is 10.9. The van der Waals surface area contributed by atoms with Crippen molar-refractivity contribution < 1.29 is 15.0 Å². The lowest BCUT2D eigenvalue weighted by atomic mass is 10.0. The van der Waals surface area contributed by atoms with Crippen LogP contribution in [0.4, 0.5) is 11.4 Å². The molecule has 5 nitrogen and oxygen atoms in total. The van der Waals surface area contributed by atoms with Crippen molar-refractivity contribution in [2.24, 2.45) is 0 Å². The van der Waals surface area contributed by atoms with Crippen LogP contribution in [0.5, 0.6) is 0 Å². The van der Waals surface area contributed by atoms with E-state index in [2.05, 4.69) is 0 Å². The molecule has 0 spiro atoms. The molecule has 2 aromatic rings. The molecule has 5 heteroatoms. The van der Waals surface area contributed by atoms with E-state index in [0.717, 1.165) is 23.1 Å². The molecule has 0 aromatic heterocycles. The summed E-state index contributed by atoms with van der Waals surface area (Å²) in [6, 6.07) is 12.8. The molecule has 116 valence electrons. The molecular formula is C17H20N2O3. The van der Waals surface area contributed by atoms with Crippen molar-refractivity contribution >= 4 is 17.7 Å². The topological polar surface area (TPSA) is 86.8 Å². The zero-order valence-corrected chi connectivity index (χ0v) is 12.3. The molecule has 2 aromatic carbocycles. The van der Waals surface area contributed by atoms with Crippen LogP contribution in [0.25, 0.3) is 11.1 Å². The summed E-state index contributed by atoms with van der Waals surface area (Å²) in [5.41, 5.74) is 9.80. The van der Waals surface area contributed by atoms with Gasteiger partial charge in [0.05, 0.1) is 13.2 Å². The first-order valence-corrected chi connectivity index (χ1v) is 7.11. The van der Waals surface area contributed by atoms with Crippen LogP contribution in [-0.4, -0.2) is 42.8 Å². The van der Waals surface area contributed by atoms with E-state index >= 15 is 0 Å². The number of hydrogen-bond acceptors (Lipinski definition) is 5. The van der Waals surface area contributed by atoms with Crippen molar-refractivity contribution in [1.82, 2.24) is 0 Å². The van der Waals surface area contributed by atoms with Gasteiger partial charge in [-0.15, -0.1) is 0 Å². The zero-order chi connectivity index (χ0) is 15.9. The predicted molar refractivity (Wildman–Crippen MR) is 88.1 cm³/mol. The fraction of sp³-hybridized carbons (Fsp3) is 0.235. The molecule has 2 rings (SSSR count). The number of nitrogens with zero attached hydrogens (tertiary/aromatic N) is 1. The SMILES string of the molecule is Nc1ccc(N(CCO)CCO)cc1-c1cccc(C=O)c1. The molecule has 0 amide bonds. The van der Waals surface area contributed by atoms with Gasteiger partial charge >= 0.3 is 0 Å². The Balaban J connectivity index is 2.43. The largest absolute Gasteiger partial charge is 0.398 e. The number of nitrogens with two attached hydrogens (primary N) is 1. The highest BCUT2D eigenvalue weighted by Gasteiger charge is 2.10. The highest BCUT2D eigenvalue weighted by molar-refractivity contribution is 5.84. The molecule has 0 aliphatic rings. The van der Waals surface area contributed by atoms with Gasteiger partial charge in [-0.1, -0.05) is 18.2 Å². The average molecular weight is 300 g/mol. The highest BCUT2D eigenvalue weighted by atomic mass is 16.3. The average Bonchev–Trinajstić information content (AvgIpc) is 2.55.